The largest absolute Gasteiger partial charge is 0.317 e. The van der Waals surface area contributed by atoms with E-state index in [-0.39, 0.29) is 0 Å². The van der Waals surface area contributed by atoms with Crippen LogP contribution >= 0.6 is 0 Å². The van der Waals surface area contributed by atoms with Crippen molar-refractivity contribution < 1.29 is 0 Å². The summed E-state index contributed by atoms with van der Waals surface area (Å²) in [6.45, 7) is 0. The van der Waals surface area contributed by atoms with Gasteiger partial charge >= 0.3 is 0 Å². The number of hydrogen-bond acceptors (Lipinski definition) is 1. The van der Waals surface area contributed by atoms with Crippen LogP contribution in [-0.4, -0.2) is 14.1 Å². The van der Waals surface area contributed by atoms with Crippen LogP contribution in [0.15, 0.2) is 140 Å². The Hall–Kier alpha value is -5.15. The summed E-state index contributed by atoms with van der Waals surface area (Å²) in [5.74, 6) is 0. The number of para-hydroxylation sites is 2. The summed E-state index contributed by atoms with van der Waals surface area (Å²) in [4.78, 5) is 4.61. The lowest BCUT2D eigenvalue weighted by molar-refractivity contribution is 1.13. The molecule has 0 radical (unpaired) electrons. The van der Waals surface area contributed by atoms with Gasteiger partial charge in [-0.15, -0.1) is 0 Å². The summed E-state index contributed by atoms with van der Waals surface area (Å²) in [7, 11) is 0. The van der Waals surface area contributed by atoms with Crippen LogP contribution in [0.3, 0.4) is 0 Å². The third-order valence-electron chi connectivity index (χ3n) is 7.58. The van der Waals surface area contributed by atoms with Crippen LogP contribution in [0.25, 0.3) is 66.1 Å². The second-order valence-electron chi connectivity index (χ2n) is 9.70. The molecule has 178 valence electrons. The first-order valence-electron chi connectivity index (χ1n) is 12.9. The molecule has 3 nitrogen and oxygen atoms in total. The molecule has 5 aromatic carbocycles. The minimum absolute atomic E-state index is 0.974. The molecule has 38 heavy (non-hydrogen) atoms. The molecule has 3 heteroatoms. The minimum atomic E-state index is 0.974. The predicted octanol–water partition coefficient (Wildman–Crippen LogP) is 8.94. The molecule has 0 spiro atoms. The van der Waals surface area contributed by atoms with Crippen LogP contribution in [0.1, 0.15) is 0 Å². The lowest BCUT2D eigenvalue weighted by Gasteiger charge is -2.13. The van der Waals surface area contributed by atoms with Gasteiger partial charge in [0.25, 0.3) is 0 Å². The Morgan fingerprint density at radius 3 is 2.24 bits per heavy atom. The molecule has 0 saturated heterocycles. The SMILES string of the molecule is c1ccc(-n2ccc3c4c(ccc5c6ccccc6n(-c6cccc(-c7ccccn7)c6)c54)ccc32)cc1. The summed E-state index contributed by atoms with van der Waals surface area (Å²) < 4.78 is 4.71. The molecule has 0 unspecified atom stereocenters. The Labute approximate surface area is 219 Å². The van der Waals surface area contributed by atoms with Crippen LogP contribution in [-0.2, 0) is 0 Å². The highest BCUT2D eigenvalue weighted by molar-refractivity contribution is 6.25. The van der Waals surface area contributed by atoms with Crippen LogP contribution in [0.2, 0.25) is 0 Å². The van der Waals surface area contributed by atoms with Crippen molar-refractivity contribution in [3.05, 3.63) is 140 Å². The number of fused-ring (bicyclic) bond motifs is 7. The topological polar surface area (TPSA) is 22.8 Å². The van der Waals surface area contributed by atoms with Crippen molar-refractivity contribution in [1.29, 1.82) is 0 Å². The number of rotatable bonds is 3. The summed E-state index contributed by atoms with van der Waals surface area (Å²) in [6, 6.07) is 45.4. The molecule has 0 fully saturated rings. The smallest absolute Gasteiger partial charge is 0.0702 e. The van der Waals surface area contributed by atoms with E-state index >= 15 is 0 Å². The Bertz CT molecular complexity index is 2120. The standard InChI is InChI=1S/C35H23N3/c1-2-10-26(11-3-1)37-22-20-30-32(37)19-17-24-16-18-29-28-13-4-5-15-33(28)38(35(29)34(24)30)27-12-8-9-25(23-27)31-14-6-7-21-36-31/h1-23H. The molecule has 0 N–H and O–H groups in total. The van der Waals surface area contributed by atoms with E-state index in [4.69, 9.17) is 0 Å². The van der Waals surface area contributed by atoms with Crippen molar-refractivity contribution in [2.45, 2.75) is 0 Å². The van der Waals surface area contributed by atoms with E-state index in [0.717, 1.165) is 22.6 Å². The van der Waals surface area contributed by atoms with Gasteiger partial charge in [-0.3, -0.25) is 4.98 Å². The van der Waals surface area contributed by atoms with Crippen molar-refractivity contribution in [2.75, 3.05) is 0 Å². The first-order chi connectivity index (χ1) is 18.9. The highest BCUT2D eigenvalue weighted by Crippen LogP contribution is 2.40. The molecule has 0 atom stereocenters. The number of pyridine rings is 1. The molecule has 0 bridgehead atoms. The highest BCUT2D eigenvalue weighted by atomic mass is 15.0. The van der Waals surface area contributed by atoms with E-state index in [1.165, 1.54) is 43.5 Å². The van der Waals surface area contributed by atoms with Gasteiger partial charge in [-0.2, -0.15) is 0 Å². The van der Waals surface area contributed by atoms with E-state index in [2.05, 4.69) is 136 Å². The van der Waals surface area contributed by atoms with Crippen LogP contribution < -0.4 is 0 Å². The minimum Gasteiger partial charge on any atom is -0.317 e. The summed E-state index contributed by atoms with van der Waals surface area (Å²) in [5, 5.41) is 6.28. The Morgan fingerprint density at radius 1 is 0.526 bits per heavy atom. The van der Waals surface area contributed by atoms with Crippen LogP contribution in [0, 0.1) is 0 Å². The molecule has 0 aliphatic rings. The second kappa shape index (κ2) is 8.19. The highest BCUT2D eigenvalue weighted by Gasteiger charge is 2.18. The Morgan fingerprint density at radius 2 is 1.34 bits per heavy atom. The quantitative estimate of drug-likeness (QED) is 0.245. The average Bonchev–Trinajstić information content (AvgIpc) is 3.58. The van der Waals surface area contributed by atoms with Crippen molar-refractivity contribution >= 4 is 43.5 Å². The molecule has 3 heterocycles. The van der Waals surface area contributed by atoms with Crippen molar-refractivity contribution in [3.8, 4) is 22.6 Å². The number of nitrogens with zero attached hydrogens (tertiary/aromatic N) is 3. The van der Waals surface area contributed by atoms with Crippen LogP contribution in [0.4, 0.5) is 0 Å². The zero-order chi connectivity index (χ0) is 25.1. The average molecular weight is 486 g/mol. The predicted molar refractivity (Wildman–Crippen MR) is 158 cm³/mol. The summed E-state index contributed by atoms with van der Waals surface area (Å²) >= 11 is 0. The van der Waals surface area contributed by atoms with E-state index in [9.17, 15) is 0 Å². The monoisotopic (exact) mass is 485 g/mol. The molecule has 8 rings (SSSR count). The van der Waals surface area contributed by atoms with E-state index in [1.807, 2.05) is 18.3 Å². The van der Waals surface area contributed by atoms with Crippen molar-refractivity contribution in [3.63, 3.8) is 0 Å². The summed E-state index contributed by atoms with van der Waals surface area (Å²) in [6.07, 6.45) is 4.04. The van der Waals surface area contributed by atoms with Gasteiger partial charge in [-0.1, -0.05) is 72.8 Å². The lowest BCUT2D eigenvalue weighted by atomic mass is 10.0. The fourth-order valence-corrected chi connectivity index (χ4v) is 5.91. The maximum atomic E-state index is 4.61. The fraction of sp³-hybridized carbons (Fsp3) is 0. The zero-order valence-corrected chi connectivity index (χ0v) is 20.6. The number of benzene rings is 5. The van der Waals surface area contributed by atoms with E-state index < -0.39 is 0 Å². The normalized spacial score (nSPS) is 11.7. The zero-order valence-electron chi connectivity index (χ0n) is 20.6. The van der Waals surface area contributed by atoms with Gasteiger partial charge in [-0.05, 0) is 60.0 Å². The fourth-order valence-electron chi connectivity index (χ4n) is 5.91. The van der Waals surface area contributed by atoms with Gasteiger partial charge in [0.15, 0.2) is 0 Å². The van der Waals surface area contributed by atoms with Gasteiger partial charge in [0.05, 0.1) is 22.2 Å². The summed E-state index contributed by atoms with van der Waals surface area (Å²) in [5.41, 5.74) is 8.02. The third-order valence-corrected chi connectivity index (χ3v) is 7.58. The number of hydrogen-bond donors (Lipinski definition) is 0. The molecular weight excluding hydrogens is 462 g/mol. The van der Waals surface area contributed by atoms with Crippen molar-refractivity contribution in [2.24, 2.45) is 0 Å². The van der Waals surface area contributed by atoms with Gasteiger partial charge in [0.1, 0.15) is 0 Å². The molecule has 8 aromatic rings. The molecule has 0 saturated carbocycles. The van der Waals surface area contributed by atoms with Crippen LogP contribution in [0.5, 0.6) is 0 Å². The molecule has 0 aliphatic heterocycles. The Balaban J connectivity index is 1.50. The van der Waals surface area contributed by atoms with E-state index in [1.54, 1.807) is 0 Å². The first-order valence-corrected chi connectivity index (χ1v) is 12.9. The molecule has 0 amide bonds. The van der Waals surface area contributed by atoms with Gasteiger partial charge in [0, 0.05) is 50.9 Å². The molecule has 0 aliphatic carbocycles. The molecular formula is C35H23N3. The Kier molecular flexibility index (Phi) is 4.52. The molecule has 3 aromatic heterocycles. The maximum absolute atomic E-state index is 4.61. The van der Waals surface area contributed by atoms with Gasteiger partial charge in [0.2, 0.25) is 0 Å². The maximum Gasteiger partial charge on any atom is 0.0702 e. The first kappa shape index (κ1) is 21.0. The van der Waals surface area contributed by atoms with E-state index in [0.29, 0.717) is 0 Å². The number of aromatic nitrogens is 3. The van der Waals surface area contributed by atoms with Gasteiger partial charge < -0.3 is 9.13 Å². The second-order valence-corrected chi connectivity index (χ2v) is 9.70. The van der Waals surface area contributed by atoms with Gasteiger partial charge in [-0.25, -0.2) is 0 Å². The lowest BCUT2D eigenvalue weighted by Crippen LogP contribution is -1.96. The van der Waals surface area contributed by atoms with Crippen molar-refractivity contribution in [1.82, 2.24) is 14.1 Å². The third kappa shape index (κ3) is 3.06.